The average Bonchev–Trinajstić information content (AvgIpc) is 3.21. The number of para-hydroxylation sites is 2. The molecule has 5 heteroatoms. The molecule has 1 saturated carbocycles. The molecule has 1 atom stereocenters. The summed E-state index contributed by atoms with van der Waals surface area (Å²) in [6.07, 6.45) is 5.78. The van der Waals surface area contributed by atoms with Crippen LogP contribution in [0.3, 0.4) is 0 Å². The van der Waals surface area contributed by atoms with Gasteiger partial charge < -0.3 is 10.1 Å². The number of carbonyl (C=O) groups excluding carboxylic acids is 1. The Labute approximate surface area is 158 Å². The fourth-order valence-electron chi connectivity index (χ4n) is 3.45. The normalized spacial score (nSPS) is 15.6. The van der Waals surface area contributed by atoms with Crippen LogP contribution < -0.4 is 10.1 Å². The van der Waals surface area contributed by atoms with Gasteiger partial charge in [0.05, 0.1) is 22.9 Å². The smallest absolute Gasteiger partial charge is 0.260 e. The Morgan fingerprint density at radius 3 is 2.52 bits per heavy atom. The number of rotatable bonds is 5. The molecule has 3 aromatic rings. The van der Waals surface area contributed by atoms with Crippen molar-refractivity contribution >= 4 is 16.9 Å². The summed E-state index contributed by atoms with van der Waals surface area (Å²) in [5, 5.41) is 3.07. The predicted octanol–water partition coefficient (Wildman–Crippen LogP) is 4.12. The van der Waals surface area contributed by atoms with Gasteiger partial charge in [0, 0.05) is 11.6 Å². The number of aromatic nitrogens is 2. The fraction of sp³-hybridized carbons (Fsp3) is 0.318. The van der Waals surface area contributed by atoms with Gasteiger partial charge in [0.25, 0.3) is 5.91 Å². The molecular formula is C22H23N3O2. The highest BCUT2D eigenvalue weighted by Gasteiger charge is 2.21. The number of ether oxygens (including phenoxy) is 1. The summed E-state index contributed by atoms with van der Waals surface area (Å²) in [4.78, 5) is 21.4. The molecular weight excluding hydrogens is 338 g/mol. The maximum atomic E-state index is 12.3. The van der Waals surface area contributed by atoms with Crippen molar-refractivity contribution in [2.24, 2.45) is 0 Å². The molecule has 0 bridgehead atoms. The second kappa shape index (κ2) is 7.74. The molecule has 0 spiro atoms. The number of nitrogens with one attached hydrogen (secondary N) is 1. The third-order valence-electron chi connectivity index (χ3n) is 4.98. The first kappa shape index (κ1) is 17.5. The molecule has 1 aromatic heterocycles. The van der Waals surface area contributed by atoms with Gasteiger partial charge in [-0.1, -0.05) is 25.0 Å². The number of nitrogens with zero attached hydrogens (tertiary/aromatic N) is 2. The number of fused-ring (bicyclic) bond motifs is 1. The largest absolute Gasteiger partial charge is 0.481 e. The Balaban J connectivity index is 1.42. The van der Waals surface area contributed by atoms with Crippen molar-refractivity contribution < 1.29 is 9.53 Å². The van der Waals surface area contributed by atoms with Gasteiger partial charge in [0.1, 0.15) is 5.75 Å². The fourth-order valence-corrected chi connectivity index (χ4v) is 3.45. The van der Waals surface area contributed by atoms with E-state index in [0.29, 0.717) is 11.8 Å². The molecule has 5 nitrogen and oxygen atoms in total. The molecule has 1 unspecified atom stereocenters. The van der Waals surface area contributed by atoms with Gasteiger partial charge >= 0.3 is 0 Å². The summed E-state index contributed by atoms with van der Waals surface area (Å²) in [6.45, 7) is 1.78. The summed E-state index contributed by atoms with van der Waals surface area (Å²) < 4.78 is 5.80. The van der Waals surface area contributed by atoms with Crippen LogP contribution in [-0.4, -0.2) is 28.0 Å². The number of hydrogen-bond acceptors (Lipinski definition) is 4. The van der Waals surface area contributed by atoms with Gasteiger partial charge in [-0.2, -0.15) is 0 Å². The van der Waals surface area contributed by atoms with E-state index in [1.807, 2.05) is 48.5 Å². The van der Waals surface area contributed by atoms with E-state index in [4.69, 9.17) is 4.74 Å². The lowest BCUT2D eigenvalue weighted by Gasteiger charge is -2.18. The highest BCUT2D eigenvalue weighted by atomic mass is 16.5. The molecule has 1 aliphatic rings. The molecule has 0 radical (unpaired) electrons. The van der Waals surface area contributed by atoms with E-state index in [0.717, 1.165) is 35.1 Å². The van der Waals surface area contributed by atoms with Gasteiger partial charge in [-0.15, -0.1) is 0 Å². The van der Waals surface area contributed by atoms with Crippen molar-refractivity contribution in [3.63, 3.8) is 0 Å². The lowest BCUT2D eigenvalue weighted by molar-refractivity contribution is -0.127. The first-order valence-electron chi connectivity index (χ1n) is 9.48. The second-order valence-corrected chi connectivity index (χ2v) is 7.02. The van der Waals surface area contributed by atoms with Gasteiger partial charge in [-0.05, 0) is 56.2 Å². The van der Waals surface area contributed by atoms with E-state index < -0.39 is 6.10 Å². The Hall–Kier alpha value is -2.95. The summed E-state index contributed by atoms with van der Waals surface area (Å²) >= 11 is 0. The van der Waals surface area contributed by atoms with Crippen molar-refractivity contribution in [1.29, 1.82) is 0 Å². The monoisotopic (exact) mass is 361 g/mol. The van der Waals surface area contributed by atoms with Crippen LogP contribution in [0.4, 0.5) is 0 Å². The van der Waals surface area contributed by atoms with Crippen LogP contribution in [0.15, 0.2) is 54.7 Å². The van der Waals surface area contributed by atoms with E-state index in [1.165, 1.54) is 12.8 Å². The first-order chi connectivity index (χ1) is 13.2. The number of benzene rings is 2. The Morgan fingerprint density at radius 1 is 1.07 bits per heavy atom. The van der Waals surface area contributed by atoms with E-state index in [9.17, 15) is 4.79 Å². The zero-order chi connectivity index (χ0) is 18.6. The van der Waals surface area contributed by atoms with Gasteiger partial charge in [-0.25, -0.2) is 4.98 Å². The topological polar surface area (TPSA) is 64.1 Å². The van der Waals surface area contributed by atoms with Crippen molar-refractivity contribution in [3.8, 4) is 17.0 Å². The van der Waals surface area contributed by atoms with Crippen LogP contribution in [0.5, 0.6) is 5.75 Å². The minimum atomic E-state index is -0.517. The summed E-state index contributed by atoms with van der Waals surface area (Å²) in [6, 6.07) is 15.7. The Bertz CT molecular complexity index is 934. The number of amides is 1. The molecule has 4 rings (SSSR count). The average molecular weight is 361 g/mol. The minimum Gasteiger partial charge on any atom is -0.481 e. The van der Waals surface area contributed by atoms with Crippen molar-refractivity contribution in [2.45, 2.75) is 44.8 Å². The zero-order valence-corrected chi connectivity index (χ0v) is 15.4. The third-order valence-corrected chi connectivity index (χ3v) is 4.98. The second-order valence-electron chi connectivity index (χ2n) is 7.02. The molecule has 27 heavy (non-hydrogen) atoms. The summed E-state index contributed by atoms with van der Waals surface area (Å²) in [5.41, 5.74) is 3.52. The van der Waals surface area contributed by atoms with Gasteiger partial charge in [0.2, 0.25) is 0 Å². The predicted molar refractivity (Wildman–Crippen MR) is 105 cm³/mol. The van der Waals surface area contributed by atoms with Crippen LogP contribution in [-0.2, 0) is 4.79 Å². The molecule has 1 fully saturated rings. The van der Waals surface area contributed by atoms with E-state index in [-0.39, 0.29) is 5.91 Å². The Kier molecular flexibility index (Phi) is 5.01. The summed E-state index contributed by atoms with van der Waals surface area (Å²) in [5.74, 6) is 0.618. The van der Waals surface area contributed by atoms with Gasteiger partial charge in [-0.3, -0.25) is 9.78 Å². The van der Waals surface area contributed by atoms with E-state index >= 15 is 0 Å². The van der Waals surface area contributed by atoms with Crippen LogP contribution in [0.25, 0.3) is 22.3 Å². The zero-order valence-electron chi connectivity index (χ0n) is 15.4. The minimum absolute atomic E-state index is 0.0497. The van der Waals surface area contributed by atoms with Crippen LogP contribution in [0.1, 0.15) is 32.6 Å². The highest BCUT2D eigenvalue weighted by molar-refractivity contribution is 5.81. The lowest BCUT2D eigenvalue weighted by atomic mass is 10.1. The highest BCUT2D eigenvalue weighted by Crippen LogP contribution is 2.23. The van der Waals surface area contributed by atoms with E-state index in [2.05, 4.69) is 15.3 Å². The van der Waals surface area contributed by atoms with E-state index in [1.54, 1.807) is 13.1 Å². The molecule has 1 amide bonds. The summed E-state index contributed by atoms with van der Waals surface area (Å²) in [7, 11) is 0. The maximum absolute atomic E-state index is 12.3. The SMILES string of the molecule is CC(Oc1ccc(-c2cnc3ccccc3n2)cc1)C(=O)NC1CCCC1. The van der Waals surface area contributed by atoms with Crippen LogP contribution >= 0.6 is 0 Å². The molecule has 2 aromatic carbocycles. The molecule has 138 valence electrons. The third kappa shape index (κ3) is 4.08. The molecule has 0 aliphatic heterocycles. The molecule has 1 aliphatic carbocycles. The molecule has 1 heterocycles. The molecule has 1 N–H and O–H groups in total. The van der Waals surface area contributed by atoms with Crippen LogP contribution in [0, 0.1) is 0 Å². The maximum Gasteiger partial charge on any atom is 0.260 e. The number of hydrogen-bond donors (Lipinski definition) is 1. The van der Waals surface area contributed by atoms with Crippen molar-refractivity contribution in [2.75, 3.05) is 0 Å². The first-order valence-corrected chi connectivity index (χ1v) is 9.48. The van der Waals surface area contributed by atoms with Crippen molar-refractivity contribution in [3.05, 3.63) is 54.7 Å². The van der Waals surface area contributed by atoms with Gasteiger partial charge in [0.15, 0.2) is 6.10 Å². The van der Waals surface area contributed by atoms with Crippen molar-refractivity contribution in [1.82, 2.24) is 15.3 Å². The van der Waals surface area contributed by atoms with Crippen LogP contribution in [0.2, 0.25) is 0 Å². The lowest BCUT2D eigenvalue weighted by Crippen LogP contribution is -2.41. The standard InChI is InChI=1S/C22H23N3O2/c1-15(22(26)24-17-6-2-3-7-17)27-18-12-10-16(11-13-18)21-14-23-19-8-4-5-9-20(19)25-21/h4-5,8-15,17H,2-3,6-7H2,1H3,(H,24,26). The molecule has 0 saturated heterocycles. The quantitative estimate of drug-likeness (QED) is 0.742. The number of carbonyl (C=O) groups is 1. The Morgan fingerprint density at radius 2 is 1.78 bits per heavy atom.